The van der Waals surface area contributed by atoms with Crippen molar-refractivity contribution in [3.8, 4) is 0 Å². The standard InChI is InChI=1S/C14H19N3O2S2/c1-9(2)7-13-15-16-14(20-13)17-21(18,19)12-6-5-10(3)8-11(12)4/h5-6,8-9H,7H2,1-4H3,(H,16,17). The monoisotopic (exact) mass is 325 g/mol. The Labute approximate surface area is 129 Å². The maximum Gasteiger partial charge on any atom is 0.263 e. The minimum atomic E-state index is -3.62. The molecule has 0 aliphatic heterocycles. The Bertz CT molecular complexity index is 736. The highest BCUT2D eigenvalue weighted by Crippen LogP contribution is 2.23. The van der Waals surface area contributed by atoms with E-state index in [2.05, 4.69) is 28.8 Å². The molecule has 0 bridgehead atoms. The van der Waals surface area contributed by atoms with Gasteiger partial charge in [-0.1, -0.05) is 42.9 Å². The Morgan fingerprint density at radius 1 is 1.24 bits per heavy atom. The minimum Gasteiger partial charge on any atom is -0.253 e. The predicted octanol–water partition coefficient (Wildman–Crippen LogP) is 3.15. The Hall–Kier alpha value is -1.47. The molecular weight excluding hydrogens is 306 g/mol. The molecule has 0 saturated heterocycles. The number of sulfonamides is 1. The van der Waals surface area contributed by atoms with Crippen molar-refractivity contribution in [2.45, 2.75) is 39.0 Å². The molecule has 0 aliphatic rings. The average Bonchev–Trinajstić information content (AvgIpc) is 2.73. The van der Waals surface area contributed by atoms with E-state index < -0.39 is 10.0 Å². The lowest BCUT2D eigenvalue weighted by atomic mass is 10.1. The summed E-state index contributed by atoms with van der Waals surface area (Å²) in [7, 11) is -3.62. The first-order valence-corrected chi connectivity index (χ1v) is 9.00. The van der Waals surface area contributed by atoms with Gasteiger partial charge in [-0.25, -0.2) is 8.42 Å². The second-order valence-electron chi connectivity index (χ2n) is 5.47. The van der Waals surface area contributed by atoms with E-state index in [-0.39, 0.29) is 4.90 Å². The van der Waals surface area contributed by atoms with Gasteiger partial charge in [0.1, 0.15) is 5.01 Å². The van der Waals surface area contributed by atoms with Crippen LogP contribution in [0.25, 0.3) is 0 Å². The second kappa shape index (κ2) is 6.11. The molecule has 2 rings (SSSR count). The van der Waals surface area contributed by atoms with E-state index in [0.29, 0.717) is 11.0 Å². The molecule has 1 N–H and O–H groups in total. The summed E-state index contributed by atoms with van der Waals surface area (Å²) in [6.45, 7) is 7.88. The lowest BCUT2D eigenvalue weighted by Gasteiger charge is -2.08. The van der Waals surface area contributed by atoms with Gasteiger partial charge in [0, 0.05) is 6.42 Å². The molecule has 21 heavy (non-hydrogen) atoms. The maximum absolute atomic E-state index is 12.4. The van der Waals surface area contributed by atoms with Gasteiger partial charge >= 0.3 is 0 Å². The van der Waals surface area contributed by atoms with Crippen LogP contribution in [-0.2, 0) is 16.4 Å². The molecule has 0 atom stereocenters. The summed E-state index contributed by atoms with van der Waals surface area (Å²) in [5, 5.41) is 9.06. The molecule has 0 radical (unpaired) electrons. The molecule has 1 aromatic heterocycles. The Balaban J connectivity index is 2.23. The summed E-state index contributed by atoms with van der Waals surface area (Å²) in [4.78, 5) is 0.272. The van der Waals surface area contributed by atoms with E-state index in [1.165, 1.54) is 11.3 Å². The fourth-order valence-corrected chi connectivity index (χ4v) is 4.41. The van der Waals surface area contributed by atoms with Gasteiger partial charge < -0.3 is 0 Å². The molecule has 0 unspecified atom stereocenters. The number of anilines is 1. The van der Waals surface area contributed by atoms with Gasteiger partial charge in [0.05, 0.1) is 4.90 Å². The first-order chi connectivity index (χ1) is 9.78. The van der Waals surface area contributed by atoms with Crippen LogP contribution in [0.1, 0.15) is 30.0 Å². The topological polar surface area (TPSA) is 72.0 Å². The third-order valence-electron chi connectivity index (χ3n) is 2.89. The number of aromatic nitrogens is 2. The highest BCUT2D eigenvalue weighted by molar-refractivity contribution is 7.93. The minimum absolute atomic E-state index is 0.272. The summed E-state index contributed by atoms with van der Waals surface area (Å²) < 4.78 is 27.3. The first kappa shape index (κ1) is 15.9. The van der Waals surface area contributed by atoms with Crippen LogP contribution in [0.2, 0.25) is 0 Å². The van der Waals surface area contributed by atoms with Crippen molar-refractivity contribution >= 4 is 26.5 Å². The number of nitrogens with zero attached hydrogens (tertiary/aromatic N) is 2. The van der Waals surface area contributed by atoms with Crippen LogP contribution in [0.5, 0.6) is 0 Å². The van der Waals surface area contributed by atoms with Gasteiger partial charge in [-0.3, -0.25) is 4.72 Å². The summed E-state index contributed by atoms with van der Waals surface area (Å²) >= 11 is 1.28. The average molecular weight is 325 g/mol. The molecule has 1 heterocycles. The van der Waals surface area contributed by atoms with Crippen LogP contribution < -0.4 is 4.72 Å². The summed E-state index contributed by atoms with van der Waals surface area (Å²) in [5.74, 6) is 0.460. The maximum atomic E-state index is 12.4. The van der Waals surface area contributed by atoms with Crippen LogP contribution in [0.3, 0.4) is 0 Å². The number of nitrogens with one attached hydrogen (secondary N) is 1. The Kier molecular flexibility index (Phi) is 4.63. The largest absolute Gasteiger partial charge is 0.263 e. The van der Waals surface area contributed by atoms with E-state index in [1.54, 1.807) is 19.1 Å². The number of hydrogen-bond acceptors (Lipinski definition) is 5. The van der Waals surface area contributed by atoms with Gasteiger partial charge in [-0.05, 0) is 31.4 Å². The molecule has 1 aromatic carbocycles. The van der Waals surface area contributed by atoms with E-state index in [1.807, 2.05) is 13.0 Å². The quantitative estimate of drug-likeness (QED) is 0.916. The van der Waals surface area contributed by atoms with Crippen molar-refractivity contribution in [1.29, 1.82) is 0 Å². The summed E-state index contributed by atoms with van der Waals surface area (Å²) in [6, 6.07) is 5.24. The van der Waals surface area contributed by atoms with Crippen molar-refractivity contribution in [3.05, 3.63) is 34.3 Å². The van der Waals surface area contributed by atoms with Gasteiger partial charge in [0.2, 0.25) is 5.13 Å². The van der Waals surface area contributed by atoms with E-state index in [9.17, 15) is 8.42 Å². The molecular formula is C14H19N3O2S2. The molecule has 0 fully saturated rings. The van der Waals surface area contributed by atoms with Crippen LogP contribution in [-0.4, -0.2) is 18.6 Å². The highest BCUT2D eigenvalue weighted by atomic mass is 32.2. The predicted molar refractivity (Wildman–Crippen MR) is 85.2 cm³/mol. The van der Waals surface area contributed by atoms with Crippen molar-refractivity contribution < 1.29 is 8.42 Å². The van der Waals surface area contributed by atoms with Crippen molar-refractivity contribution in [1.82, 2.24) is 10.2 Å². The van der Waals surface area contributed by atoms with Crippen LogP contribution in [0, 0.1) is 19.8 Å². The van der Waals surface area contributed by atoms with E-state index in [4.69, 9.17) is 0 Å². The number of hydrogen-bond donors (Lipinski definition) is 1. The van der Waals surface area contributed by atoms with Gasteiger partial charge in [-0.2, -0.15) is 0 Å². The fraction of sp³-hybridized carbons (Fsp3) is 0.429. The zero-order valence-electron chi connectivity index (χ0n) is 12.5. The normalized spacial score (nSPS) is 11.9. The molecule has 5 nitrogen and oxygen atoms in total. The van der Waals surface area contributed by atoms with Crippen LogP contribution >= 0.6 is 11.3 Å². The number of benzene rings is 1. The third-order valence-corrected chi connectivity index (χ3v) is 5.38. The molecule has 0 aliphatic carbocycles. The fourth-order valence-electron chi connectivity index (χ4n) is 2.00. The SMILES string of the molecule is Cc1ccc(S(=O)(=O)Nc2nnc(CC(C)C)s2)c(C)c1. The van der Waals surface area contributed by atoms with Crippen molar-refractivity contribution in [3.63, 3.8) is 0 Å². The summed E-state index contributed by atoms with van der Waals surface area (Å²) in [5.41, 5.74) is 1.75. The smallest absolute Gasteiger partial charge is 0.253 e. The first-order valence-electron chi connectivity index (χ1n) is 6.70. The van der Waals surface area contributed by atoms with Gasteiger partial charge in [0.15, 0.2) is 0 Å². The molecule has 0 spiro atoms. The van der Waals surface area contributed by atoms with E-state index in [0.717, 1.165) is 22.6 Å². The number of aryl methyl sites for hydroxylation is 2. The molecule has 0 amide bonds. The van der Waals surface area contributed by atoms with E-state index >= 15 is 0 Å². The van der Waals surface area contributed by atoms with Crippen LogP contribution in [0.4, 0.5) is 5.13 Å². The molecule has 0 saturated carbocycles. The molecule has 7 heteroatoms. The lowest BCUT2D eigenvalue weighted by molar-refractivity contribution is 0.600. The summed E-state index contributed by atoms with van der Waals surface area (Å²) in [6.07, 6.45) is 0.795. The van der Waals surface area contributed by atoms with Gasteiger partial charge in [-0.15, -0.1) is 10.2 Å². The Morgan fingerprint density at radius 3 is 2.57 bits per heavy atom. The van der Waals surface area contributed by atoms with Crippen LogP contribution in [0.15, 0.2) is 23.1 Å². The third kappa shape index (κ3) is 4.01. The zero-order chi connectivity index (χ0) is 15.6. The van der Waals surface area contributed by atoms with Crippen molar-refractivity contribution in [2.24, 2.45) is 5.92 Å². The Morgan fingerprint density at radius 2 is 1.95 bits per heavy atom. The number of rotatable bonds is 5. The second-order valence-corrected chi connectivity index (χ2v) is 8.19. The molecule has 114 valence electrons. The highest BCUT2D eigenvalue weighted by Gasteiger charge is 2.19. The van der Waals surface area contributed by atoms with Gasteiger partial charge in [0.25, 0.3) is 10.0 Å². The zero-order valence-corrected chi connectivity index (χ0v) is 14.2. The van der Waals surface area contributed by atoms with Crippen molar-refractivity contribution in [2.75, 3.05) is 4.72 Å². The molecule has 2 aromatic rings. The lowest BCUT2D eigenvalue weighted by Crippen LogP contribution is -2.14.